The summed E-state index contributed by atoms with van der Waals surface area (Å²) >= 11 is 0. The Kier molecular flexibility index (Phi) is 2.95. The molecule has 0 bridgehead atoms. The van der Waals surface area contributed by atoms with Gasteiger partial charge in [-0.3, -0.25) is 10.1 Å². The van der Waals surface area contributed by atoms with Gasteiger partial charge in [-0.05, 0) is 23.3 Å². The summed E-state index contributed by atoms with van der Waals surface area (Å²) in [5, 5.41) is 10.5. The van der Waals surface area contributed by atoms with Gasteiger partial charge in [-0.2, -0.15) is 0 Å². The molecule has 0 amide bonds. The number of hydrogen-bond donors (Lipinski definition) is 0. The van der Waals surface area contributed by atoms with Crippen molar-refractivity contribution >= 4 is 11.7 Å². The average molecular weight is 269 g/mol. The van der Waals surface area contributed by atoms with Crippen molar-refractivity contribution in [1.82, 2.24) is 0 Å². The van der Waals surface area contributed by atoms with Crippen LogP contribution in [0.4, 0.5) is 5.69 Å². The number of carbonyl (C=O) groups is 1. The van der Waals surface area contributed by atoms with E-state index in [0.717, 1.165) is 12.0 Å². The number of esters is 1. The molecule has 3 rings (SSSR count). The fraction of sp³-hybridized carbons (Fsp3) is 0.133. The van der Waals surface area contributed by atoms with E-state index in [4.69, 9.17) is 4.74 Å². The molecule has 0 spiro atoms. The van der Waals surface area contributed by atoms with Gasteiger partial charge in [-0.15, -0.1) is 0 Å². The molecule has 0 radical (unpaired) electrons. The van der Waals surface area contributed by atoms with Crippen LogP contribution in [0.25, 0.3) is 0 Å². The second-order valence-electron chi connectivity index (χ2n) is 4.60. The van der Waals surface area contributed by atoms with Crippen molar-refractivity contribution in [2.24, 2.45) is 0 Å². The minimum atomic E-state index is -0.503. The zero-order valence-corrected chi connectivity index (χ0v) is 10.5. The van der Waals surface area contributed by atoms with Gasteiger partial charge in [-0.1, -0.05) is 24.3 Å². The van der Waals surface area contributed by atoms with Gasteiger partial charge in [0.1, 0.15) is 6.10 Å². The second kappa shape index (κ2) is 4.77. The molecule has 5 nitrogen and oxygen atoms in total. The lowest BCUT2D eigenvalue weighted by Gasteiger charge is -2.29. The fourth-order valence-corrected chi connectivity index (χ4v) is 2.23. The Labute approximate surface area is 115 Å². The summed E-state index contributed by atoms with van der Waals surface area (Å²) in [6, 6.07) is 13.2. The van der Waals surface area contributed by atoms with E-state index in [-0.39, 0.29) is 11.8 Å². The summed E-state index contributed by atoms with van der Waals surface area (Å²) in [5.74, 6) is -0.459. The van der Waals surface area contributed by atoms with Gasteiger partial charge in [-0.25, -0.2) is 4.79 Å². The molecule has 0 aromatic heterocycles. The van der Waals surface area contributed by atoms with Crippen molar-refractivity contribution in [2.45, 2.75) is 12.5 Å². The summed E-state index contributed by atoms with van der Waals surface area (Å²) in [7, 11) is 0. The van der Waals surface area contributed by atoms with Crippen LogP contribution in [0, 0.1) is 10.1 Å². The monoisotopic (exact) mass is 269 g/mol. The summed E-state index contributed by atoms with van der Waals surface area (Å²) in [6.07, 6.45) is 0.503. The number of nitro groups is 1. The van der Waals surface area contributed by atoms with E-state index in [0.29, 0.717) is 5.56 Å². The highest BCUT2D eigenvalue weighted by molar-refractivity contribution is 5.90. The van der Waals surface area contributed by atoms with Crippen molar-refractivity contribution in [3.63, 3.8) is 0 Å². The molecule has 0 fully saturated rings. The lowest BCUT2D eigenvalue weighted by Crippen LogP contribution is -2.22. The molecule has 0 aliphatic heterocycles. The zero-order valence-electron chi connectivity index (χ0n) is 10.5. The van der Waals surface area contributed by atoms with Gasteiger partial charge in [0.25, 0.3) is 5.69 Å². The van der Waals surface area contributed by atoms with Crippen molar-refractivity contribution < 1.29 is 14.5 Å². The van der Waals surface area contributed by atoms with E-state index in [1.807, 2.05) is 24.3 Å². The third-order valence-corrected chi connectivity index (χ3v) is 3.37. The molecule has 20 heavy (non-hydrogen) atoms. The van der Waals surface area contributed by atoms with Crippen LogP contribution in [-0.2, 0) is 11.2 Å². The number of nitrogens with zero attached hydrogens (tertiary/aromatic N) is 1. The maximum Gasteiger partial charge on any atom is 0.338 e. The molecule has 5 heteroatoms. The van der Waals surface area contributed by atoms with Crippen molar-refractivity contribution in [3.05, 3.63) is 75.3 Å². The first kappa shape index (κ1) is 12.3. The first-order valence-electron chi connectivity index (χ1n) is 6.18. The number of fused-ring (bicyclic) bond motifs is 1. The SMILES string of the molecule is O=C(OC1Cc2ccccc21)c1ccc([N+](=O)[O-])cc1. The molecule has 100 valence electrons. The highest BCUT2D eigenvalue weighted by Crippen LogP contribution is 2.36. The first-order chi connectivity index (χ1) is 9.65. The fourth-order valence-electron chi connectivity index (χ4n) is 2.23. The molecule has 1 aliphatic rings. The highest BCUT2D eigenvalue weighted by atomic mass is 16.6. The largest absolute Gasteiger partial charge is 0.454 e. The molecule has 2 aromatic rings. The molecule has 0 saturated carbocycles. The van der Waals surface area contributed by atoms with E-state index in [1.54, 1.807) is 0 Å². The first-order valence-corrected chi connectivity index (χ1v) is 6.18. The van der Waals surface area contributed by atoms with Crippen molar-refractivity contribution in [1.29, 1.82) is 0 Å². The van der Waals surface area contributed by atoms with Crippen LogP contribution in [0.2, 0.25) is 0 Å². The Bertz CT molecular complexity index is 679. The Balaban J connectivity index is 1.70. The lowest BCUT2D eigenvalue weighted by molar-refractivity contribution is -0.384. The molecular weight excluding hydrogens is 258 g/mol. The van der Waals surface area contributed by atoms with E-state index < -0.39 is 10.9 Å². The predicted octanol–water partition coefficient (Wildman–Crippen LogP) is 3.05. The van der Waals surface area contributed by atoms with Gasteiger partial charge in [0.15, 0.2) is 0 Å². The van der Waals surface area contributed by atoms with Gasteiger partial charge in [0, 0.05) is 18.6 Å². The van der Waals surface area contributed by atoms with Crippen LogP contribution in [-0.4, -0.2) is 10.9 Å². The number of carbonyl (C=O) groups excluding carboxylic acids is 1. The van der Waals surface area contributed by atoms with Gasteiger partial charge in [0.2, 0.25) is 0 Å². The standard InChI is InChI=1S/C15H11NO4/c17-15(10-5-7-12(8-6-10)16(18)19)20-14-9-11-3-1-2-4-13(11)14/h1-8,14H,9H2. The quantitative estimate of drug-likeness (QED) is 0.488. The van der Waals surface area contributed by atoms with Gasteiger partial charge >= 0.3 is 5.97 Å². The van der Waals surface area contributed by atoms with E-state index in [2.05, 4.69) is 0 Å². The number of ether oxygens (including phenoxy) is 1. The molecule has 1 aliphatic carbocycles. The summed E-state index contributed by atoms with van der Waals surface area (Å²) in [5.41, 5.74) is 2.49. The molecule has 0 saturated heterocycles. The molecule has 2 aromatic carbocycles. The number of rotatable bonds is 3. The lowest BCUT2D eigenvalue weighted by atomic mass is 9.85. The Morgan fingerprint density at radius 2 is 1.85 bits per heavy atom. The third-order valence-electron chi connectivity index (χ3n) is 3.37. The van der Waals surface area contributed by atoms with Crippen molar-refractivity contribution in [3.8, 4) is 0 Å². The molecule has 0 N–H and O–H groups in total. The number of non-ortho nitro benzene ring substituents is 1. The Hall–Kier alpha value is -2.69. The summed E-state index contributed by atoms with van der Waals surface area (Å²) < 4.78 is 5.39. The molecule has 0 heterocycles. The van der Waals surface area contributed by atoms with Crippen LogP contribution in [0.15, 0.2) is 48.5 Å². The maximum atomic E-state index is 11.9. The second-order valence-corrected chi connectivity index (χ2v) is 4.60. The molecule has 1 atom stereocenters. The van der Waals surface area contributed by atoms with Crippen molar-refractivity contribution in [2.75, 3.05) is 0 Å². The predicted molar refractivity (Wildman–Crippen MR) is 71.4 cm³/mol. The maximum absolute atomic E-state index is 11.9. The van der Waals surface area contributed by atoms with Crippen LogP contribution in [0.1, 0.15) is 27.6 Å². The van der Waals surface area contributed by atoms with E-state index in [1.165, 1.54) is 29.8 Å². The zero-order chi connectivity index (χ0) is 14.1. The van der Waals surface area contributed by atoms with Gasteiger partial charge in [0.05, 0.1) is 10.5 Å². The molecular formula is C15H11NO4. The number of benzene rings is 2. The van der Waals surface area contributed by atoms with Crippen LogP contribution in [0.3, 0.4) is 0 Å². The van der Waals surface area contributed by atoms with Crippen LogP contribution in [0.5, 0.6) is 0 Å². The van der Waals surface area contributed by atoms with Crippen LogP contribution < -0.4 is 0 Å². The smallest absolute Gasteiger partial charge is 0.338 e. The highest BCUT2D eigenvalue weighted by Gasteiger charge is 2.29. The minimum absolute atomic E-state index is 0.0458. The van der Waals surface area contributed by atoms with E-state index >= 15 is 0 Å². The topological polar surface area (TPSA) is 69.4 Å². The van der Waals surface area contributed by atoms with Gasteiger partial charge < -0.3 is 4.74 Å². The Morgan fingerprint density at radius 1 is 1.15 bits per heavy atom. The van der Waals surface area contributed by atoms with E-state index in [9.17, 15) is 14.9 Å². The summed E-state index contributed by atoms with van der Waals surface area (Å²) in [6.45, 7) is 0. The average Bonchev–Trinajstić information content (AvgIpc) is 2.44. The third kappa shape index (κ3) is 2.14. The molecule has 1 unspecified atom stereocenters. The number of hydrogen-bond acceptors (Lipinski definition) is 4. The number of nitro benzene ring substituents is 1. The Morgan fingerprint density at radius 3 is 2.50 bits per heavy atom. The normalized spacial score (nSPS) is 15.9. The van der Waals surface area contributed by atoms with Crippen LogP contribution >= 0.6 is 0 Å². The summed E-state index contributed by atoms with van der Waals surface area (Å²) in [4.78, 5) is 22.0. The minimum Gasteiger partial charge on any atom is -0.454 e.